The van der Waals surface area contributed by atoms with E-state index in [1.165, 1.54) is 0 Å². The number of halogens is 1. The molecule has 0 aliphatic rings. The van der Waals surface area contributed by atoms with Gasteiger partial charge in [0.05, 0.1) is 10.5 Å². The van der Waals surface area contributed by atoms with E-state index in [2.05, 4.69) is 38.8 Å². The van der Waals surface area contributed by atoms with Crippen LogP contribution in [-0.4, -0.2) is 15.7 Å². The van der Waals surface area contributed by atoms with Crippen LogP contribution < -0.4 is 5.32 Å². The Morgan fingerprint density at radius 1 is 1.12 bits per heavy atom. The Kier molecular flexibility index (Phi) is 5.43. The molecule has 0 aliphatic carbocycles. The van der Waals surface area contributed by atoms with Gasteiger partial charge in [0, 0.05) is 22.2 Å². The first-order valence-electron chi connectivity index (χ1n) is 7.73. The fourth-order valence-corrected chi connectivity index (χ4v) is 3.20. The summed E-state index contributed by atoms with van der Waals surface area (Å²) in [4.78, 5) is 16.4. The lowest BCUT2D eigenvalue weighted by atomic mass is 10.1. The minimum atomic E-state index is -0.163. The van der Waals surface area contributed by atoms with E-state index in [1.54, 1.807) is 11.3 Å². The number of nitrogens with one attached hydrogen (secondary N) is 1. The van der Waals surface area contributed by atoms with Crippen LogP contribution >= 0.6 is 27.3 Å². The normalized spacial score (nSPS) is 11.9. The highest BCUT2D eigenvalue weighted by Crippen LogP contribution is 2.29. The van der Waals surface area contributed by atoms with Crippen LogP contribution in [0.5, 0.6) is 0 Å². The number of anilines is 1. The number of nitrogens with zero attached hydrogens (tertiary/aromatic N) is 1. The summed E-state index contributed by atoms with van der Waals surface area (Å²) >= 11 is 4.99. The monoisotopic (exact) mass is 400 g/mol. The Morgan fingerprint density at radius 3 is 2.50 bits per heavy atom. The molecule has 0 saturated heterocycles. The van der Waals surface area contributed by atoms with Gasteiger partial charge in [-0.15, -0.1) is 11.3 Å². The molecule has 0 spiro atoms. The molecule has 0 bridgehead atoms. The Bertz CT molecular complexity index is 815. The summed E-state index contributed by atoms with van der Waals surface area (Å²) in [6.45, 7) is 1.97. The van der Waals surface area contributed by atoms with Crippen LogP contribution in [0.3, 0.4) is 0 Å². The zero-order valence-corrected chi connectivity index (χ0v) is 15.6. The molecule has 1 amide bonds. The van der Waals surface area contributed by atoms with Crippen molar-refractivity contribution in [2.24, 2.45) is 0 Å². The number of carbonyl (C=O) groups excluding carboxylic acids is 1. The number of benzene rings is 2. The predicted octanol–water partition coefficient (Wildman–Crippen LogP) is 5.59. The minimum absolute atomic E-state index is 0.0229. The van der Waals surface area contributed by atoms with E-state index >= 15 is 0 Å². The van der Waals surface area contributed by atoms with E-state index in [0.717, 1.165) is 33.9 Å². The third-order valence-electron chi connectivity index (χ3n) is 3.62. The molecule has 2 aromatic carbocycles. The van der Waals surface area contributed by atoms with Crippen molar-refractivity contribution in [3.63, 3.8) is 0 Å². The van der Waals surface area contributed by atoms with Crippen molar-refractivity contribution in [3.8, 4) is 21.8 Å². The molecule has 3 aromatic rings. The Hall–Kier alpha value is -1.98. The fourth-order valence-electron chi connectivity index (χ4n) is 2.25. The van der Waals surface area contributed by atoms with Gasteiger partial charge >= 0.3 is 0 Å². The topological polar surface area (TPSA) is 42.0 Å². The summed E-state index contributed by atoms with van der Waals surface area (Å²) in [7, 11) is 0. The maximum atomic E-state index is 11.9. The van der Waals surface area contributed by atoms with E-state index in [0.29, 0.717) is 0 Å². The molecule has 5 heteroatoms. The summed E-state index contributed by atoms with van der Waals surface area (Å²) in [6, 6.07) is 17.9. The Labute approximate surface area is 153 Å². The molecule has 24 heavy (non-hydrogen) atoms. The molecular weight excluding hydrogens is 384 g/mol. The number of hydrogen-bond acceptors (Lipinski definition) is 3. The summed E-state index contributed by atoms with van der Waals surface area (Å²) in [5, 5.41) is 5.96. The number of aromatic nitrogens is 1. The predicted molar refractivity (Wildman–Crippen MR) is 105 cm³/mol. The maximum absolute atomic E-state index is 11.9. The highest BCUT2D eigenvalue weighted by atomic mass is 79.9. The molecule has 1 aromatic heterocycles. The molecule has 1 N–H and O–H groups in total. The smallest absolute Gasteiger partial charge is 0.238 e. The van der Waals surface area contributed by atoms with Crippen molar-refractivity contribution < 1.29 is 4.79 Å². The zero-order valence-electron chi connectivity index (χ0n) is 13.2. The van der Waals surface area contributed by atoms with Gasteiger partial charge in [-0.3, -0.25) is 4.79 Å². The Balaban J connectivity index is 1.75. The molecular formula is C19H17BrN2OS. The van der Waals surface area contributed by atoms with Crippen molar-refractivity contribution in [1.82, 2.24) is 4.98 Å². The lowest BCUT2D eigenvalue weighted by Gasteiger charge is -2.09. The third-order valence-corrected chi connectivity index (χ3v) is 5.57. The number of alkyl halides is 1. The van der Waals surface area contributed by atoms with Crippen molar-refractivity contribution in [2.45, 2.75) is 18.2 Å². The van der Waals surface area contributed by atoms with E-state index in [4.69, 9.17) is 4.98 Å². The van der Waals surface area contributed by atoms with E-state index in [1.807, 2.05) is 49.4 Å². The van der Waals surface area contributed by atoms with E-state index < -0.39 is 0 Å². The molecule has 1 unspecified atom stereocenters. The second-order valence-electron chi connectivity index (χ2n) is 5.35. The number of carbonyl (C=O) groups is 1. The van der Waals surface area contributed by atoms with Crippen LogP contribution in [0.2, 0.25) is 0 Å². The quantitative estimate of drug-likeness (QED) is 0.567. The molecule has 0 radical (unpaired) electrons. The van der Waals surface area contributed by atoms with Crippen molar-refractivity contribution in [3.05, 3.63) is 60.0 Å². The van der Waals surface area contributed by atoms with Gasteiger partial charge in [0.25, 0.3) is 0 Å². The summed E-state index contributed by atoms with van der Waals surface area (Å²) < 4.78 is 0. The van der Waals surface area contributed by atoms with Crippen LogP contribution in [0.4, 0.5) is 5.69 Å². The van der Waals surface area contributed by atoms with E-state index in [9.17, 15) is 4.79 Å². The maximum Gasteiger partial charge on any atom is 0.238 e. The average Bonchev–Trinajstić information content (AvgIpc) is 3.12. The van der Waals surface area contributed by atoms with Crippen LogP contribution in [-0.2, 0) is 4.79 Å². The Morgan fingerprint density at radius 2 is 1.83 bits per heavy atom. The molecule has 1 heterocycles. The van der Waals surface area contributed by atoms with Crippen LogP contribution in [0, 0.1) is 0 Å². The van der Waals surface area contributed by atoms with Gasteiger partial charge in [-0.05, 0) is 18.6 Å². The summed E-state index contributed by atoms with van der Waals surface area (Å²) in [5.41, 5.74) is 3.90. The number of hydrogen-bond donors (Lipinski definition) is 1. The van der Waals surface area contributed by atoms with Crippen molar-refractivity contribution >= 4 is 38.9 Å². The van der Waals surface area contributed by atoms with Gasteiger partial charge < -0.3 is 5.32 Å². The lowest BCUT2D eigenvalue weighted by molar-refractivity contribution is -0.115. The first kappa shape index (κ1) is 16.9. The highest BCUT2D eigenvalue weighted by Gasteiger charge is 2.12. The molecule has 0 saturated carbocycles. The van der Waals surface area contributed by atoms with Gasteiger partial charge in [0.2, 0.25) is 5.91 Å². The van der Waals surface area contributed by atoms with Crippen LogP contribution in [0.25, 0.3) is 21.8 Å². The van der Waals surface area contributed by atoms with E-state index in [-0.39, 0.29) is 10.7 Å². The van der Waals surface area contributed by atoms with Gasteiger partial charge in [-0.1, -0.05) is 65.3 Å². The first-order valence-corrected chi connectivity index (χ1v) is 9.53. The summed E-state index contributed by atoms with van der Waals surface area (Å²) in [5.74, 6) is -0.0229. The fraction of sp³-hybridized carbons (Fsp3) is 0.158. The van der Waals surface area contributed by atoms with Gasteiger partial charge in [0.1, 0.15) is 5.01 Å². The van der Waals surface area contributed by atoms with Gasteiger partial charge in [-0.2, -0.15) is 0 Å². The number of amides is 1. The SMILES string of the molecule is CCC(Br)C(=O)Nc1ccc(-c2csc(-c3ccccc3)n2)cc1. The van der Waals surface area contributed by atoms with Crippen LogP contribution in [0.1, 0.15) is 13.3 Å². The van der Waals surface area contributed by atoms with Gasteiger partial charge in [0.15, 0.2) is 0 Å². The number of thiazole rings is 1. The van der Waals surface area contributed by atoms with Crippen molar-refractivity contribution in [2.75, 3.05) is 5.32 Å². The highest BCUT2D eigenvalue weighted by molar-refractivity contribution is 9.10. The average molecular weight is 401 g/mol. The second kappa shape index (κ2) is 7.73. The molecule has 0 fully saturated rings. The van der Waals surface area contributed by atoms with Gasteiger partial charge in [-0.25, -0.2) is 4.98 Å². The molecule has 122 valence electrons. The summed E-state index contributed by atoms with van der Waals surface area (Å²) in [6.07, 6.45) is 0.755. The second-order valence-corrected chi connectivity index (χ2v) is 7.31. The molecule has 1 atom stereocenters. The first-order chi connectivity index (χ1) is 11.7. The number of rotatable bonds is 5. The van der Waals surface area contributed by atoms with Crippen LogP contribution in [0.15, 0.2) is 60.0 Å². The zero-order chi connectivity index (χ0) is 16.9. The van der Waals surface area contributed by atoms with Crippen molar-refractivity contribution in [1.29, 1.82) is 0 Å². The molecule has 3 nitrogen and oxygen atoms in total. The molecule has 3 rings (SSSR count). The largest absolute Gasteiger partial charge is 0.325 e. The minimum Gasteiger partial charge on any atom is -0.325 e. The molecule has 0 aliphatic heterocycles. The lowest BCUT2D eigenvalue weighted by Crippen LogP contribution is -2.21. The standard InChI is InChI=1S/C19H17BrN2OS/c1-2-16(20)18(23)21-15-10-8-13(9-11-15)17-12-24-19(22-17)14-6-4-3-5-7-14/h3-12,16H,2H2,1H3,(H,21,23). The third kappa shape index (κ3) is 3.91.